The molecule has 1 heterocycles. The maximum Gasteiger partial charge on any atom is 0.258 e. The van der Waals surface area contributed by atoms with Crippen LogP contribution >= 0.6 is 0 Å². The van der Waals surface area contributed by atoms with Crippen LogP contribution in [0.3, 0.4) is 0 Å². The molecule has 2 amide bonds. The number of nitrogens with zero attached hydrogens (tertiary/aromatic N) is 1. The molecule has 0 bridgehead atoms. The summed E-state index contributed by atoms with van der Waals surface area (Å²) in [5.74, 6) is -0.778. The van der Waals surface area contributed by atoms with E-state index >= 15 is 0 Å². The van der Waals surface area contributed by atoms with Crippen molar-refractivity contribution in [2.75, 3.05) is 24.6 Å². The van der Waals surface area contributed by atoms with Gasteiger partial charge in [0.25, 0.3) is 5.91 Å². The molecule has 0 unspecified atom stereocenters. The van der Waals surface area contributed by atoms with Crippen LogP contribution in [0.4, 0.5) is 10.1 Å². The summed E-state index contributed by atoms with van der Waals surface area (Å²) in [6.07, 6.45) is 1.22. The Hall–Kier alpha value is -2.89. The summed E-state index contributed by atoms with van der Waals surface area (Å²) in [4.78, 5) is 25.7. The van der Waals surface area contributed by atoms with Gasteiger partial charge in [0.2, 0.25) is 5.91 Å². The number of ether oxygens (including phenoxy) is 1. The highest BCUT2D eigenvalue weighted by Crippen LogP contribution is 2.26. The number of anilines is 1. The van der Waals surface area contributed by atoms with Crippen LogP contribution in [-0.4, -0.2) is 31.5 Å². The molecule has 1 N–H and O–H groups in total. The minimum absolute atomic E-state index is 0.0396. The fourth-order valence-electron chi connectivity index (χ4n) is 2.80. The molecule has 0 aromatic heterocycles. The van der Waals surface area contributed by atoms with Crippen LogP contribution in [0.1, 0.15) is 12.0 Å². The topological polar surface area (TPSA) is 58.6 Å². The smallest absolute Gasteiger partial charge is 0.258 e. The van der Waals surface area contributed by atoms with E-state index in [1.165, 1.54) is 12.1 Å². The predicted molar refractivity (Wildman–Crippen MR) is 92.0 cm³/mol. The number of halogens is 1. The number of hydrogen-bond donors (Lipinski definition) is 1. The van der Waals surface area contributed by atoms with Gasteiger partial charge in [-0.05, 0) is 30.2 Å². The minimum atomic E-state index is -0.508. The SMILES string of the molecule is O=C(COc1ccccc1F)NCCN1C(=O)CCc2ccccc21. The van der Waals surface area contributed by atoms with Gasteiger partial charge in [0.15, 0.2) is 18.2 Å². The van der Waals surface area contributed by atoms with Gasteiger partial charge in [0, 0.05) is 25.2 Å². The van der Waals surface area contributed by atoms with Crippen molar-refractivity contribution in [3.05, 3.63) is 59.9 Å². The lowest BCUT2D eigenvalue weighted by Gasteiger charge is -2.29. The number of aryl methyl sites for hydroxylation is 1. The lowest BCUT2D eigenvalue weighted by Crippen LogP contribution is -2.42. The van der Waals surface area contributed by atoms with E-state index in [2.05, 4.69) is 5.32 Å². The molecule has 0 spiro atoms. The number of hydrogen-bond acceptors (Lipinski definition) is 3. The van der Waals surface area contributed by atoms with Gasteiger partial charge in [-0.25, -0.2) is 4.39 Å². The molecule has 0 radical (unpaired) electrons. The number of para-hydroxylation sites is 2. The van der Waals surface area contributed by atoms with Gasteiger partial charge in [-0.3, -0.25) is 9.59 Å². The highest BCUT2D eigenvalue weighted by atomic mass is 19.1. The summed E-state index contributed by atoms with van der Waals surface area (Å²) in [6, 6.07) is 13.7. The molecule has 130 valence electrons. The number of carbonyl (C=O) groups is 2. The fourth-order valence-corrected chi connectivity index (χ4v) is 2.80. The highest BCUT2D eigenvalue weighted by Gasteiger charge is 2.23. The molecule has 2 aromatic rings. The van der Waals surface area contributed by atoms with Crippen LogP contribution < -0.4 is 15.0 Å². The van der Waals surface area contributed by atoms with Crippen molar-refractivity contribution in [3.8, 4) is 5.75 Å². The second-order valence-corrected chi connectivity index (χ2v) is 5.74. The third-order valence-electron chi connectivity index (χ3n) is 4.04. The van der Waals surface area contributed by atoms with Crippen molar-refractivity contribution >= 4 is 17.5 Å². The van der Waals surface area contributed by atoms with E-state index in [-0.39, 0.29) is 24.2 Å². The van der Waals surface area contributed by atoms with Crippen LogP contribution in [-0.2, 0) is 16.0 Å². The molecule has 25 heavy (non-hydrogen) atoms. The van der Waals surface area contributed by atoms with E-state index in [0.29, 0.717) is 19.5 Å². The van der Waals surface area contributed by atoms with E-state index in [9.17, 15) is 14.0 Å². The molecule has 5 nitrogen and oxygen atoms in total. The standard InChI is InChI=1S/C19H19FN2O3/c20-15-6-2-4-8-17(15)25-13-18(23)21-11-12-22-16-7-3-1-5-14(16)9-10-19(22)24/h1-8H,9-13H2,(H,21,23). The largest absolute Gasteiger partial charge is 0.481 e. The third-order valence-corrected chi connectivity index (χ3v) is 4.04. The van der Waals surface area contributed by atoms with Crippen molar-refractivity contribution in [2.24, 2.45) is 0 Å². The zero-order valence-corrected chi connectivity index (χ0v) is 13.7. The van der Waals surface area contributed by atoms with E-state index in [4.69, 9.17) is 4.74 Å². The summed E-state index contributed by atoms with van der Waals surface area (Å²) in [5.41, 5.74) is 2.03. The van der Waals surface area contributed by atoms with E-state index in [1.807, 2.05) is 24.3 Å². The molecular weight excluding hydrogens is 323 g/mol. The molecule has 0 saturated carbocycles. The van der Waals surface area contributed by atoms with Crippen molar-refractivity contribution in [1.29, 1.82) is 0 Å². The predicted octanol–water partition coefficient (Wildman–Crippen LogP) is 2.30. The summed E-state index contributed by atoms with van der Waals surface area (Å²) >= 11 is 0. The molecule has 2 aromatic carbocycles. The van der Waals surface area contributed by atoms with Crippen molar-refractivity contribution < 1.29 is 18.7 Å². The molecule has 1 aliphatic heterocycles. The van der Waals surface area contributed by atoms with E-state index in [1.54, 1.807) is 17.0 Å². The second-order valence-electron chi connectivity index (χ2n) is 5.74. The number of nitrogens with one attached hydrogen (secondary N) is 1. The minimum Gasteiger partial charge on any atom is -0.481 e. The Balaban J connectivity index is 1.49. The zero-order chi connectivity index (χ0) is 17.6. The first-order chi connectivity index (χ1) is 12.1. The number of benzene rings is 2. The first kappa shape index (κ1) is 17.0. The summed E-state index contributed by atoms with van der Waals surface area (Å²) in [7, 11) is 0. The molecule has 0 atom stereocenters. The normalized spacial score (nSPS) is 13.3. The Morgan fingerprint density at radius 3 is 2.72 bits per heavy atom. The Morgan fingerprint density at radius 1 is 1.12 bits per heavy atom. The molecule has 0 saturated heterocycles. The average Bonchev–Trinajstić information content (AvgIpc) is 2.63. The number of carbonyl (C=O) groups excluding carboxylic acids is 2. The Bertz CT molecular complexity index is 779. The summed E-state index contributed by atoms with van der Waals surface area (Å²) in [6.45, 7) is 0.423. The average molecular weight is 342 g/mol. The molecule has 6 heteroatoms. The molecule has 0 fully saturated rings. The van der Waals surface area contributed by atoms with Crippen molar-refractivity contribution in [3.63, 3.8) is 0 Å². The molecule has 0 aliphatic carbocycles. The Labute approximate surface area is 145 Å². The number of amides is 2. The van der Waals surface area contributed by atoms with Gasteiger partial charge in [-0.2, -0.15) is 0 Å². The molecule has 1 aliphatic rings. The quantitative estimate of drug-likeness (QED) is 0.876. The Kier molecular flexibility index (Phi) is 5.28. The molecular formula is C19H19FN2O3. The number of fused-ring (bicyclic) bond motifs is 1. The lowest BCUT2D eigenvalue weighted by atomic mass is 10.0. The number of rotatable bonds is 6. The van der Waals surface area contributed by atoms with Crippen molar-refractivity contribution in [2.45, 2.75) is 12.8 Å². The third kappa shape index (κ3) is 4.15. The van der Waals surface area contributed by atoms with Crippen LogP contribution in [0, 0.1) is 5.82 Å². The van der Waals surface area contributed by atoms with Gasteiger partial charge in [-0.1, -0.05) is 30.3 Å². The fraction of sp³-hybridized carbons (Fsp3) is 0.263. The van der Waals surface area contributed by atoms with E-state index < -0.39 is 5.82 Å². The van der Waals surface area contributed by atoms with Crippen molar-refractivity contribution in [1.82, 2.24) is 5.32 Å². The van der Waals surface area contributed by atoms with Gasteiger partial charge in [-0.15, -0.1) is 0 Å². The van der Waals surface area contributed by atoms with Gasteiger partial charge >= 0.3 is 0 Å². The van der Waals surface area contributed by atoms with Crippen LogP contribution in [0.2, 0.25) is 0 Å². The van der Waals surface area contributed by atoms with Crippen LogP contribution in [0.15, 0.2) is 48.5 Å². The monoisotopic (exact) mass is 342 g/mol. The first-order valence-electron chi connectivity index (χ1n) is 8.17. The maximum absolute atomic E-state index is 13.4. The summed E-state index contributed by atoms with van der Waals surface area (Å²) in [5, 5.41) is 2.69. The summed E-state index contributed by atoms with van der Waals surface area (Å²) < 4.78 is 18.6. The van der Waals surface area contributed by atoms with Gasteiger partial charge in [0.05, 0.1) is 0 Å². The van der Waals surface area contributed by atoms with Gasteiger partial charge in [0.1, 0.15) is 0 Å². The Morgan fingerprint density at radius 2 is 1.88 bits per heavy atom. The van der Waals surface area contributed by atoms with Gasteiger partial charge < -0.3 is 15.0 Å². The van der Waals surface area contributed by atoms with Crippen LogP contribution in [0.25, 0.3) is 0 Å². The maximum atomic E-state index is 13.4. The first-order valence-corrected chi connectivity index (χ1v) is 8.17. The highest BCUT2D eigenvalue weighted by molar-refractivity contribution is 5.96. The van der Waals surface area contributed by atoms with Crippen LogP contribution in [0.5, 0.6) is 5.75 Å². The van der Waals surface area contributed by atoms with E-state index in [0.717, 1.165) is 17.7 Å². The molecule has 3 rings (SSSR count). The lowest BCUT2D eigenvalue weighted by molar-refractivity contribution is -0.123. The second kappa shape index (κ2) is 7.79. The zero-order valence-electron chi connectivity index (χ0n) is 13.7.